The standard InChI is InChI=1S/C14H15F3N2O3/c15-14(16,17)4-6-19(8-9-1-2-9)12(20)10-3-5-18-11(7-10)13(21)22/h3,5,7,9H,1-2,4,6,8H2,(H,21,22). The summed E-state index contributed by atoms with van der Waals surface area (Å²) in [7, 11) is 0. The van der Waals surface area contributed by atoms with Crippen molar-refractivity contribution in [1.82, 2.24) is 9.88 Å². The summed E-state index contributed by atoms with van der Waals surface area (Å²) in [6, 6.07) is 2.39. The summed E-state index contributed by atoms with van der Waals surface area (Å²) in [6.07, 6.45) is -2.47. The van der Waals surface area contributed by atoms with E-state index in [0.717, 1.165) is 30.0 Å². The molecule has 2 rings (SSSR count). The second kappa shape index (κ2) is 6.33. The lowest BCUT2D eigenvalue weighted by Crippen LogP contribution is -2.36. The van der Waals surface area contributed by atoms with E-state index in [4.69, 9.17) is 5.11 Å². The summed E-state index contributed by atoms with van der Waals surface area (Å²) < 4.78 is 37.1. The van der Waals surface area contributed by atoms with E-state index in [1.165, 1.54) is 6.07 Å². The maximum absolute atomic E-state index is 12.4. The minimum Gasteiger partial charge on any atom is -0.477 e. The van der Waals surface area contributed by atoms with Crippen LogP contribution in [0.4, 0.5) is 13.2 Å². The number of aromatic carboxylic acids is 1. The summed E-state index contributed by atoms with van der Waals surface area (Å²) in [5, 5.41) is 8.86. The minimum atomic E-state index is -4.34. The number of hydrogen-bond acceptors (Lipinski definition) is 3. The zero-order valence-corrected chi connectivity index (χ0v) is 11.6. The summed E-state index contributed by atoms with van der Waals surface area (Å²) >= 11 is 0. The van der Waals surface area contributed by atoms with Crippen LogP contribution in [0.1, 0.15) is 40.1 Å². The molecule has 0 radical (unpaired) electrons. The molecular formula is C14H15F3N2O3. The molecule has 0 aliphatic heterocycles. The lowest BCUT2D eigenvalue weighted by Gasteiger charge is -2.23. The fraction of sp³-hybridized carbons (Fsp3) is 0.500. The van der Waals surface area contributed by atoms with E-state index < -0.39 is 31.0 Å². The van der Waals surface area contributed by atoms with Crippen molar-refractivity contribution in [2.45, 2.75) is 25.4 Å². The molecule has 1 saturated carbocycles. The lowest BCUT2D eigenvalue weighted by atomic mass is 10.2. The first-order valence-corrected chi connectivity index (χ1v) is 6.81. The topological polar surface area (TPSA) is 70.5 Å². The van der Waals surface area contributed by atoms with Crippen molar-refractivity contribution >= 4 is 11.9 Å². The molecule has 0 atom stereocenters. The van der Waals surface area contributed by atoms with Crippen molar-refractivity contribution in [2.24, 2.45) is 5.92 Å². The van der Waals surface area contributed by atoms with Gasteiger partial charge in [-0.15, -0.1) is 0 Å². The Bertz CT molecular complexity index is 571. The van der Waals surface area contributed by atoms with E-state index in [1.54, 1.807) is 0 Å². The Morgan fingerprint density at radius 2 is 2.05 bits per heavy atom. The molecule has 0 aromatic carbocycles. The number of carbonyl (C=O) groups is 2. The average molecular weight is 316 g/mol. The first-order chi connectivity index (χ1) is 10.3. The third-order valence-corrected chi connectivity index (χ3v) is 3.35. The summed E-state index contributed by atoms with van der Waals surface area (Å²) in [5.41, 5.74) is -0.275. The number of pyridine rings is 1. The van der Waals surface area contributed by atoms with Crippen LogP contribution in [0.2, 0.25) is 0 Å². The Morgan fingerprint density at radius 3 is 2.59 bits per heavy atom. The van der Waals surface area contributed by atoms with Gasteiger partial charge in [-0.25, -0.2) is 9.78 Å². The zero-order chi connectivity index (χ0) is 16.3. The molecule has 0 spiro atoms. The number of halogens is 3. The molecule has 5 nitrogen and oxygen atoms in total. The molecule has 1 aromatic rings. The Morgan fingerprint density at radius 1 is 1.36 bits per heavy atom. The van der Waals surface area contributed by atoms with Crippen molar-refractivity contribution in [3.63, 3.8) is 0 Å². The summed E-state index contributed by atoms with van der Waals surface area (Å²) in [5.74, 6) is -1.65. The molecule has 0 saturated heterocycles. The van der Waals surface area contributed by atoms with Crippen molar-refractivity contribution in [3.8, 4) is 0 Å². The van der Waals surface area contributed by atoms with Crippen LogP contribution in [-0.2, 0) is 0 Å². The highest BCUT2D eigenvalue weighted by Crippen LogP contribution is 2.31. The number of aromatic nitrogens is 1. The van der Waals surface area contributed by atoms with Crippen molar-refractivity contribution in [2.75, 3.05) is 13.1 Å². The Kier molecular flexibility index (Phi) is 4.68. The number of hydrogen-bond donors (Lipinski definition) is 1. The van der Waals surface area contributed by atoms with Gasteiger partial charge in [-0.05, 0) is 30.9 Å². The highest BCUT2D eigenvalue weighted by Gasteiger charge is 2.32. The van der Waals surface area contributed by atoms with Gasteiger partial charge in [0.15, 0.2) is 0 Å². The number of alkyl halides is 3. The quantitative estimate of drug-likeness (QED) is 0.875. The average Bonchev–Trinajstić information content (AvgIpc) is 3.26. The van der Waals surface area contributed by atoms with Crippen LogP contribution in [0, 0.1) is 5.92 Å². The number of amides is 1. The molecule has 120 valence electrons. The Balaban J connectivity index is 2.13. The highest BCUT2D eigenvalue weighted by atomic mass is 19.4. The maximum atomic E-state index is 12.4. The molecule has 1 aliphatic rings. The van der Waals surface area contributed by atoms with Gasteiger partial charge in [-0.3, -0.25) is 4.79 Å². The molecule has 1 aliphatic carbocycles. The van der Waals surface area contributed by atoms with Crippen LogP contribution in [0.3, 0.4) is 0 Å². The van der Waals surface area contributed by atoms with Gasteiger partial charge in [-0.2, -0.15) is 13.2 Å². The fourth-order valence-electron chi connectivity index (χ4n) is 2.01. The van der Waals surface area contributed by atoms with E-state index in [2.05, 4.69) is 4.98 Å². The van der Waals surface area contributed by atoms with Crippen LogP contribution in [0.15, 0.2) is 18.3 Å². The van der Waals surface area contributed by atoms with Crippen molar-refractivity contribution in [3.05, 3.63) is 29.6 Å². The molecular weight excluding hydrogens is 301 g/mol. The lowest BCUT2D eigenvalue weighted by molar-refractivity contribution is -0.136. The molecule has 1 fully saturated rings. The van der Waals surface area contributed by atoms with Gasteiger partial charge in [0.25, 0.3) is 5.91 Å². The molecule has 1 aromatic heterocycles. The van der Waals surface area contributed by atoms with E-state index in [-0.39, 0.29) is 23.7 Å². The molecule has 0 bridgehead atoms. The largest absolute Gasteiger partial charge is 0.477 e. The van der Waals surface area contributed by atoms with E-state index in [0.29, 0.717) is 0 Å². The van der Waals surface area contributed by atoms with Gasteiger partial charge in [-0.1, -0.05) is 0 Å². The first kappa shape index (κ1) is 16.3. The van der Waals surface area contributed by atoms with Crippen LogP contribution in [0.25, 0.3) is 0 Å². The summed E-state index contributed by atoms with van der Waals surface area (Å²) in [6.45, 7) is -0.163. The monoisotopic (exact) mass is 316 g/mol. The zero-order valence-electron chi connectivity index (χ0n) is 11.6. The van der Waals surface area contributed by atoms with Crippen LogP contribution in [-0.4, -0.2) is 46.1 Å². The third kappa shape index (κ3) is 4.71. The Hall–Kier alpha value is -2.12. The fourth-order valence-corrected chi connectivity index (χ4v) is 2.01. The second-order valence-electron chi connectivity index (χ2n) is 5.29. The number of carbonyl (C=O) groups excluding carboxylic acids is 1. The van der Waals surface area contributed by atoms with Gasteiger partial charge in [0.1, 0.15) is 5.69 Å². The normalized spacial score (nSPS) is 14.7. The molecule has 0 unspecified atom stereocenters. The predicted octanol–water partition coefficient (Wildman–Crippen LogP) is 2.58. The van der Waals surface area contributed by atoms with Crippen LogP contribution >= 0.6 is 0 Å². The SMILES string of the molecule is O=C(O)c1cc(C(=O)N(CCC(F)(F)F)CC2CC2)ccn1. The molecule has 1 heterocycles. The first-order valence-electron chi connectivity index (χ1n) is 6.81. The predicted molar refractivity (Wildman–Crippen MR) is 70.5 cm³/mol. The number of nitrogens with zero attached hydrogens (tertiary/aromatic N) is 2. The van der Waals surface area contributed by atoms with Gasteiger partial charge in [0.2, 0.25) is 0 Å². The van der Waals surface area contributed by atoms with E-state index in [9.17, 15) is 22.8 Å². The van der Waals surface area contributed by atoms with E-state index >= 15 is 0 Å². The van der Waals surface area contributed by atoms with Crippen LogP contribution in [0.5, 0.6) is 0 Å². The number of carboxylic acid groups (broad SMARTS) is 1. The van der Waals surface area contributed by atoms with E-state index in [1.807, 2.05) is 0 Å². The summed E-state index contributed by atoms with van der Waals surface area (Å²) in [4.78, 5) is 27.9. The third-order valence-electron chi connectivity index (χ3n) is 3.35. The molecule has 1 amide bonds. The maximum Gasteiger partial charge on any atom is 0.390 e. The number of carboxylic acids is 1. The Labute approximate surface area is 124 Å². The second-order valence-corrected chi connectivity index (χ2v) is 5.29. The van der Waals surface area contributed by atoms with Crippen molar-refractivity contribution in [1.29, 1.82) is 0 Å². The molecule has 22 heavy (non-hydrogen) atoms. The molecule has 8 heteroatoms. The minimum absolute atomic E-state index is 0.0372. The van der Waals surface area contributed by atoms with Crippen molar-refractivity contribution < 1.29 is 27.9 Å². The van der Waals surface area contributed by atoms with Gasteiger partial charge < -0.3 is 10.0 Å². The molecule has 1 N–H and O–H groups in total. The number of rotatable bonds is 6. The highest BCUT2D eigenvalue weighted by molar-refractivity contribution is 5.96. The van der Waals surface area contributed by atoms with Gasteiger partial charge in [0.05, 0.1) is 6.42 Å². The van der Waals surface area contributed by atoms with Gasteiger partial charge in [0, 0.05) is 24.8 Å². The smallest absolute Gasteiger partial charge is 0.390 e. The van der Waals surface area contributed by atoms with Gasteiger partial charge >= 0.3 is 12.1 Å². The van der Waals surface area contributed by atoms with Crippen LogP contribution < -0.4 is 0 Å².